The van der Waals surface area contributed by atoms with Crippen molar-refractivity contribution >= 4 is 186 Å². The van der Waals surface area contributed by atoms with Crippen molar-refractivity contribution < 1.29 is 0 Å². The summed E-state index contributed by atoms with van der Waals surface area (Å²) < 4.78 is 13.2. The second-order valence-electron chi connectivity index (χ2n) is 24.4. The molecule has 0 radical (unpaired) electrons. The summed E-state index contributed by atoms with van der Waals surface area (Å²) in [6.07, 6.45) is 9.14. The fourth-order valence-electron chi connectivity index (χ4n) is 13.3. The minimum atomic E-state index is 0.157. The summed E-state index contributed by atoms with van der Waals surface area (Å²) in [4.78, 5) is 33.3. The molecule has 10 heterocycles. The van der Waals surface area contributed by atoms with Gasteiger partial charge in [-0.1, -0.05) is 0 Å². The molecule has 15 heteroatoms. The Labute approximate surface area is 639 Å². The Morgan fingerprint density at radius 1 is 0.283 bits per heavy atom. The zero-order valence-electron chi connectivity index (χ0n) is 56.3. The summed E-state index contributed by atoms with van der Waals surface area (Å²) in [7, 11) is 0. The standard InChI is InChI=1S/C19H12N2Se.4C18H10N2Se/c1-12-9-10-14-13-6-5-7-15(16-8-3-4-11-21-16)18(13)22-19(14)17(12)20-2;1-19-12-8-9-13-14-5-4-6-15(16-7-2-3-10-20-16)18(14)21-17(13)11-12;1-19-12-8-9-17-15(11-12)13-5-4-6-14(18(13)21-17)16-7-2-3-10-20-16;19-11-12-5-3-9-16-17(12)14-7-4-6-13(18(14)21-16)15-8-1-2-10-20-15;19-11-12-8-9-13(15-6-3-4-10-20-15)18-17(12)14-5-1-2-7-16(14)21-18/h3-11H,1H3;2*2-11H;2*1-10H. The number of hydrogen-bond donors (Lipinski definition) is 0. The third-order valence-electron chi connectivity index (χ3n) is 18.2. The van der Waals surface area contributed by atoms with E-state index in [0.29, 0.717) is 5.69 Å². The molecule has 0 bridgehead atoms. The molecular weight excluding hydrogens is 1630 g/mol. The number of pyridine rings is 5. The van der Waals surface area contributed by atoms with Crippen LogP contribution in [0.15, 0.2) is 298 Å². The van der Waals surface area contributed by atoms with Gasteiger partial charge in [0, 0.05) is 0 Å². The predicted octanol–water partition coefficient (Wildman–Crippen LogP) is 22.3. The van der Waals surface area contributed by atoms with Crippen LogP contribution in [0.4, 0.5) is 17.1 Å². The topological polar surface area (TPSA) is 125 Å². The van der Waals surface area contributed by atoms with Crippen molar-refractivity contribution in [3.63, 3.8) is 0 Å². The second kappa shape index (κ2) is 30.7. The van der Waals surface area contributed by atoms with E-state index < -0.39 is 0 Å². The van der Waals surface area contributed by atoms with E-state index in [1.807, 2.05) is 165 Å². The molecule has 0 fully saturated rings. The van der Waals surface area contributed by atoms with Gasteiger partial charge in [-0.3, -0.25) is 0 Å². The van der Waals surface area contributed by atoms with Crippen LogP contribution < -0.4 is 0 Å². The summed E-state index contributed by atoms with van der Waals surface area (Å²) >= 11 is 1.13. The zero-order valence-corrected chi connectivity index (χ0v) is 64.9. The van der Waals surface area contributed by atoms with E-state index in [0.717, 1.165) is 72.9 Å². The Bertz CT molecular complexity index is 6920. The summed E-state index contributed by atoms with van der Waals surface area (Å²) in [6.45, 7) is 23.9. The first kappa shape index (κ1) is 68.4. The third-order valence-corrected chi connectivity index (χ3v) is 30.9. The van der Waals surface area contributed by atoms with E-state index in [9.17, 15) is 10.5 Å². The molecule has 0 saturated carbocycles. The number of nitriles is 2. The van der Waals surface area contributed by atoms with Crippen LogP contribution in [0.5, 0.6) is 0 Å². The van der Waals surface area contributed by atoms with Crippen LogP contribution in [0.1, 0.15) is 16.7 Å². The van der Waals surface area contributed by atoms with Crippen LogP contribution in [0, 0.1) is 49.3 Å². The number of hydrogen-bond acceptors (Lipinski definition) is 7. The van der Waals surface area contributed by atoms with Gasteiger partial charge in [-0.15, -0.1) is 0 Å². The normalized spacial score (nSPS) is 10.8. The molecule has 0 unspecified atom stereocenters. The van der Waals surface area contributed by atoms with Crippen molar-refractivity contribution in [1.82, 2.24) is 24.9 Å². The Morgan fingerprint density at radius 2 is 0.679 bits per heavy atom. The Balaban J connectivity index is 0.000000102. The van der Waals surface area contributed by atoms with E-state index in [-0.39, 0.29) is 72.5 Å². The van der Waals surface area contributed by atoms with Crippen LogP contribution in [0.3, 0.4) is 0 Å². The van der Waals surface area contributed by atoms with Crippen LogP contribution in [-0.2, 0) is 0 Å². The van der Waals surface area contributed by atoms with Gasteiger partial charge in [-0.05, 0) is 0 Å². The molecule has 20 aromatic rings. The molecule has 0 aliphatic carbocycles. The summed E-state index contributed by atoms with van der Waals surface area (Å²) in [5.41, 5.74) is 15.9. The number of benzene rings is 10. The van der Waals surface area contributed by atoms with Gasteiger partial charge in [0.25, 0.3) is 0 Å². The predicted molar refractivity (Wildman–Crippen MR) is 441 cm³/mol. The molecule has 0 spiro atoms. The maximum absolute atomic E-state index is 9.43. The molecule has 10 aromatic heterocycles. The molecular formula is C91H52N10Se5. The Hall–Kier alpha value is -12.0. The van der Waals surface area contributed by atoms with Crippen LogP contribution in [0.25, 0.3) is 167 Å². The molecule has 10 aromatic carbocycles. The number of aromatic nitrogens is 5. The van der Waals surface area contributed by atoms with Gasteiger partial charge in [0.1, 0.15) is 0 Å². The first-order valence-electron chi connectivity index (χ1n) is 33.5. The van der Waals surface area contributed by atoms with Crippen LogP contribution >= 0.6 is 0 Å². The summed E-state index contributed by atoms with van der Waals surface area (Å²) in [6, 6.07) is 94.8. The van der Waals surface area contributed by atoms with Gasteiger partial charge in [0.2, 0.25) is 0 Å². The van der Waals surface area contributed by atoms with Crippen molar-refractivity contribution in [2.45, 2.75) is 6.92 Å². The number of aryl methyl sites for hydroxylation is 1. The summed E-state index contributed by atoms with van der Waals surface area (Å²) in [5, 5.41) is 31.0. The molecule has 0 N–H and O–H groups in total. The van der Waals surface area contributed by atoms with Crippen LogP contribution in [-0.4, -0.2) is 97.4 Å². The molecule has 0 aliphatic heterocycles. The van der Waals surface area contributed by atoms with Gasteiger partial charge in [0.15, 0.2) is 0 Å². The van der Waals surface area contributed by atoms with Crippen molar-refractivity contribution in [3.05, 3.63) is 349 Å². The first-order chi connectivity index (χ1) is 52.3. The molecule has 10 nitrogen and oxygen atoms in total. The average molecular weight is 1680 g/mol. The molecule has 20 rings (SSSR count). The molecule has 496 valence electrons. The van der Waals surface area contributed by atoms with Gasteiger partial charge < -0.3 is 0 Å². The van der Waals surface area contributed by atoms with E-state index in [4.69, 9.17) is 19.7 Å². The monoisotopic (exact) mass is 1680 g/mol. The molecule has 106 heavy (non-hydrogen) atoms. The van der Waals surface area contributed by atoms with Crippen molar-refractivity contribution in [2.75, 3.05) is 0 Å². The third kappa shape index (κ3) is 13.3. The second-order valence-corrected chi connectivity index (χ2v) is 35.4. The fourth-order valence-corrected chi connectivity index (χ4v) is 26.6. The fraction of sp³-hybridized carbons (Fsp3) is 0.0110. The Morgan fingerprint density at radius 3 is 1.22 bits per heavy atom. The average Bonchev–Trinajstić information content (AvgIpc) is 1.63. The number of rotatable bonds is 5. The Kier molecular flexibility index (Phi) is 19.8. The van der Waals surface area contributed by atoms with Crippen molar-refractivity contribution in [1.29, 1.82) is 10.5 Å². The zero-order chi connectivity index (χ0) is 72.0. The molecule has 0 aliphatic rings. The number of nitrogens with zero attached hydrogens (tertiary/aromatic N) is 10. The van der Waals surface area contributed by atoms with E-state index in [1.165, 1.54) is 108 Å². The minimum absolute atomic E-state index is 0.157. The molecule has 0 amide bonds. The van der Waals surface area contributed by atoms with Crippen LogP contribution in [0.2, 0.25) is 0 Å². The first-order valence-corrected chi connectivity index (χ1v) is 42.1. The molecule has 0 saturated heterocycles. The van der Waals surface area contributed by atoms with Crippen molar-refractivity contribution in [2.24, 2.45) is 0 Å². The van der Waals surface area contributed by atoms with E-state index in [2.05, 4.69) is 191 Å². The van der Waals surface area contributed by atoms with Crippen molar-refractivity contribution in [3.8, 4) is 68.4 Å². The van der Waals surface area contributed by atoms with Gasteiger partial charge in [-0.2, -0.15) is 0 Å². The van der Waals surface area contributed by atoms with E-state index in [1.54, 1.807) is 0 Å². The SMILES string of the molecule is N#Cc1ccc(-c2ccccn2)c2[se]c3ccccc3c12.N#Cc1cccc2[se]c3c(-c4ccccn4)cccc3c12.[C-]#[N+]c1c(C)ccc2c1[se]c1c(-c3ccccn3)cccc12.[C-]#[N+]c1ccc2[se]c3c(-c4ccccn4)cccc3c2c1.[C-]#[N+]c1ccc2c(c1)[se]c1c(-c3ccccn3)cccc12. The summed E-state index contributed by atoms with van der Waals surface area (Å²) in [5.74, 6) is 0. The molecule has 0 atom stereocenters. The maximum atomic E-state index is 9.43. The van der Waals surface area contributed by atoms with E-state index >= 15 is 0 Å². The quantitative estimate of drug-likeness (QED) is 0.124. The van der Waals surface area contributed by atoms with Gasteiger partial charge in [-0.25, -0.2) is 0 Å². The van der Waals surface area contributed by atoms with Gasteiger partial charge >= 0.3 is 646 Å². The number of fused-ring (bicyclic) bond motifs is 15. The van der Waals surface area contributed by atoms with Gasteiger partial charge in [0.05, 0.1) is 0 Å².